The Morgan fingerprint density at radius 3 is 2.24 bits per heavy atom. The molecule has 0 heterocycles. The number of rotatable bonds is 11. The minimum atomic E-state index is -4.47. The predicted octanol–water partition coefficient (Wildman–Crippen LogP) is 6.64. The number of esters is 1. The zero-order valence-corrected chi connectivity index (χ0v) is 25.9. The number of carbonyl (C=O) groups is 1. The van der Waals surface area contributed by atoms with Crippen molar-refractivity contribution in [2.45, 2.75) is 35.5 Å². The van der Waals surface area contributed by atoms with Gasteiger partial charge in [0.05, 0.1) is 0 Å². The molecule has 1 unspecified atom stereocenters. The molecular formula is C31H27ClF3NO4SSe. The van der Waals surface area contributed by atoms with E-state index in [1.165, 1.54) is 56.5 Å². The van der Waals surface area contributed by atoms with E-state index in [-0.39, 0.29) is 26.3 Å². The third-order valence-electron chi connectivity index (χ3n) is 6.58. The van der Waals surface area contributed by atoms with Crippen molar-refractivity contribution in [2.24, 2.45) is 0 Å². The van der Waals surface area contributed by atoms with Crippen molar-refractivity contribution in [2.75, 3.05) is 11.4 Å². The molecule has 0 spiro atoms. The van der Waals surface area contributed by atoms with Crippen LogP contribution in [0.2, 0.25) is 9.84 Å². The number of aryl methyl sites for hydroxylation is 1. The Hall–Kier alpha value is -3.30. The van der Waals surface area contributed by atoms with Gasteiger partial charge in [0, 0.05) is 0 Å². The number of sulfonamides is 1. The molecular weight excluding hydrogens is 654 g/mol. The van der Waals surface area contributed by atoms with Gasteiger partial charge in [-0.1, -0.05) is 11.6 Å². The first-order chi connectivity index (χ1) is 20.0. The zero-order valence-electron chi connectivity index (χ0n) is 22.6. The van der Waals surface area contributed by atoms with Crippen molar-refractivity contribution >= 4 is 52.7 Å². The molecule has 0 aliphatic rings. The van der Waals surface area contributed by atoms with Crippen molar-refractivity contribution in [3.63, 3.8) is 0 Å². The maximum absolute atomic E-state index is 15.2. The van der Waals surface area contributed by atoms with Crippen molar-refractivity contribution in [1.82, 2.24) is 0 Å². The summed E-state index contributed by atoms with van der Waals surface area (Å²) in [5.74, 6) is -2.76. The summed E-state index contributed by atoms with van der Waals surface area (Å²) in [7, 11) is -3.17. The van der Waals surface area contributed by atoms with Gasteiger partial charge in [-0.05, 0) is 0 Å². The SMILES string of the molecule is COC(=O)C(CCc1cc(F)ccc1[C@@H](C)N(c1cc(F)ccc1F)S(=O)(=O)c1ccc(Cl)cc1)[Se]c1ccccc1. The van der Waals surface area contributed by atoms with Gasteiger partial charge in [-0.15, -0.1) is 0 Å². The van der Waals surface area contributed by atoms with Gasteiger partial charge in [0.15, 0.2) is 0 Å². The number of ether oxygens (including phenoxy) is 1. The summed E-state index contributed by atoms with van der Waals surface area (Å²) in [6.45, 7) is 1.51. The molecule has 4 rings (SSSR count). The van der Waals surface area contributed by atoms with Crippen LogP contribution in [0, 0.1) is 17.5 Å². The van der Waals surface area contributed by atoms with Crippen LogP contribution in [0.3, 0.4) is 0 Å². The molecule has 2 atom stereocenters. The summed E-state index contributed by atoms with van der Waals surface area (Å²) >= 11 is 5.67. The Kier molecular flexibility index (Phi) is 10.4. The molecule has 0 fully saturated rings. The van der Waals surface area contributed by atoms with Gasteiger partial charge in [0.25, 0.3) is 0 Å². The number of hydrogen-bond donors (Lipinski definition) is 0. The molecule has 0 aromatic heterocycles. The Morgan fingerprint density at radius 2 is 1.57 bits per heavy atom. The fraction of sp³-hybridized carbons (Fsp3) is 0.194. The Labute approximate surface area is 254 Å². The summed E-state index contributed by atoms with van der Waals surface area (Å²) in [5, 5.41) is 0.295. The van der Waals surface area contributed by atoms with Crippen LogP contribution >= 0.6 is 11.6 Å². The molecule has 42 heavy (non-hydrogen) atoms. The third-order valence-corrected chi connectivity index (χ3v) is 11.4. The van der Waals surface area contributed by atoms with Gasteiger partial charge >= 0.3 is 244 Å². The fourth-order valence-corrected chi connectivity index (χ4v) is 8.56. The van der Waals surface area contributed by atoms with E-state index in [1.807, 2.05) is 30.3 Å². The van der Waals surface area contributed by atoms with Gasteiger partial charge in [0.1, 0.15) is 0 Å². The Bertz CT molecular complexity index is 1660. The van der Waals surface area contributed by atoms with E-state index in [4.69, 9.17) is 16.3 Å². The number of carbonyl (C=O) groups excluding carboxylic acids is 1. The van der Waals surface area contributed by atoms with Crippen molar-refractivity contribution < 1.29 is 31.1 Å². The van der Waals surface area contributed by atoms with Crippen LogP contribution in [-0.4, -0.2) is 36.5 Å². The van der Waals surface area contributed by atoms with Crippen molar-refractivity contribution in [3.05, 3.63) is 125 Å². The molecule has 11 heteroatoms. The Balaban J connectivity index is 1.76. The summed E-state index contributed by atoms with van der Waals surface area (Å²) < 4.78 is 78.8. The van der Waals surface area contributed by atoms with E-state index in [0.29, 0.717) is 22.6 Å². The van der Waals surface area contributed by atoms with Gasteiger partial charge in [-0.2, -0.15) is 0 Å². The second-order valence-corrected chi connectivity index (χ2v) is 14.3. The molecule has 0 radical (unpaired) electrons. The van der Waals surface area contributed by atoms with Crippen LogP contribution < -0.4 is 8.77 Å². The van der Waals surface area contributed by atoms with Gasteiger partial charge in [0.2, 0.25) is 0 Å². The van der Waals surface area contributed by atoms with E-state index >= 15 is 4.39 Å². The number of methoxy groups -OCH3 is 1. The number of hydrogen-bond acceptors (Lipinski definition) is 4. The fourth-order valence-electron chi connectivity index (χ4n) is 4.55. The second kappa shape index (κ2) is 13.8. The molecule has 4 aromatic rings. The predicted molar refractivity (Wildman–Crippen MR) is 158 cm³/mol. The number of halogens is 4. The summed E-state index contributed by atoms with van der Waals surface area (Å²) in [6.07, 6.45) is 0.495. The second-order valence-electron chi connectivity index (χ2n) is 9.35. The molecule has 0 saturated carbocycles. The average Bonchev–Trinajstić information content (AvgIpc) is 2.97. The summed E-state index contributed by atoms with van der Waals surface area (Å²) in [4.78, 5) is 12.0. The quantitative estimate of drug-likeness (QED) is 0.132. The van der Waals surface area contributed by atoms with Crippen LogP contribution in [0.4, 0.5) is 18.9 Å². The molecule has 0 N–H and O–H groups in total. The molecule has 0 bridgehead atoms. The first-order valence-corrected chi connectivity index (χ1v) is 16.5. The van der Waals surface area contributed by atoms with Crippen molar-refractivity contribution in [3.8, 4) is 0 Å². The van der Waals surface area contributed by atoms with Crippen LogP contribution in [0.25, 0.3) is 0 Å². The van der Waals surface area contributed by atoms with Gasteiger partial charge < -0.3 is 0 Å². The standard InChI is InChI=1S/C31H27ClF3NO4SSe/c1-20(36(29-19-24(34)12-16-28(29)35)41(38,39)25-13-9-22(32)10-14-25)27-15-11-23(33)18-21(27)8-17-30(31(37)40-2)42-26-6-4-3-5-7-26/h3-7,9-16,18-20,30H,8,17H2,1-2H3/t20-,30?/m1/s1. The topological polar surface area (TPSA) is 63.7 Å². The summed E-state index contributed by atoms with van der Waals surface area (Å²) in [6, 6.07) is 20.1. The van der Waals surface area contributed by atoms with Crippen LogP contribution in [0.1, 0.15) is 30.5 Å². The normalized spacial score (nSPS) is 12.9. The van der Waals surface area contributed by atoms with Crippen LogP contribution in [-0.2, 0) is 26.0 Å². The third kappa shape index (κ3) is 7.36. The first kappa shape index (κ1) is 31.6. The number of benzene rings is 4. The monoisotopic (exact) mass is 681 g/mol. The first-order valence-electron chi connectivity index (χ1n) is 12.8. The van der Waals surface area contributed by atoms with E-state index in [0.717, 1.165) is 27.0 Å². The zero-order chi connectivity index (χ0) is 30.4. The molecule has 0 saturated heterocycles. The molecule has 0 amide bonds. The maximum atomic E-state index is 15.2. The van der Waals surface area contributed by atoms with E-state index in [1.54, 1.807) is 0 Å². The average molecular weight is 681 g/mol. The van der Waals surface area contributed by atoms with Crippen molar-refractivity contribution in [1.29, 1.82) is 0 Å². The van der Waals surface area contributed by atoms with Crippen LogP contribution in [0.15, 0.2) is 95.9 Å². The minimum absolute atomic E-state index is 0.192. The molecule has 220 valence electrons. The molecule has 4 aromatic carbocycles. The summed E-state index contributed by atoms with van der Waals surface area (Å²) in [5.41, 5.74) is 0.286. The molecule has 0 aliphatic heterocycles. The number of nitrogens with zero attached hydrogens (tertiary/aromatic N) is 1. The molecule has 0 aliphatic carbocycles. The van der Waals surface area contributed by atoms with Gasteiger partial charge in [-0.25, -0.2) is 0 Å². The number of anilines is 1. The van der Waals surface area contributed by atoms with E-state index in [2.05, 4.69) is 0 Å². The van der Waals surface area contributed by atoms with E-state index in [9.17, 15) is 22.0 Å². The van der Waals surface area contributed by atoms with E-state index < -0.39 is 50.0 Å². The Morgan fingerprint density at radius 1 is 0.929 bits per heavy atom. The van der Waals surface area contributed by atoms with Crippen LogP contribution in [0.5, 0.6) is 0 Å². The molecule has 5 nitrogen and oxygen atoms in total. The van der Waals surface area contributed by atoms with Gasteiger partial charge in [-0.3, -0.25) is 0 Å².